The van der Waals surface area contributed by atoms with Gasteiger partial charge in [0.2, 0.25) is 5.82 Å². The van der Waals surface area contributed by atoms with Crippen molar-refractivity contribution in [2.24, 2.45) is 0 Å². The molecule has 0 saturated carbocycles. The Morgan fingerprint density at radius 3 is 2.81 bits per heavy atom. The second-order valence-corrected chi connectivity index (χ2v) is 9.29. The van der Waals surface area contributed by atoms with Crippen LogP contribution in [0.3, 0.4) is 0 Å². The van der Waals surface area contributed by atoms with Crippen molar-refractivity contribution in [2.45, 2.75) is 44.9 Å². The molecule has 1 aromatic carbocycles. The number of hydrogen-bond acceptors (Lipinski definition) is 8. The third kappa shape index (κ3) is 3.46. The van der Waals surface area contributed by atoms with Crippen molar-refractivity contribution in [3.63, 3.8) is 0 Å². The second kappa shape index (κ2) is 8.07. The number of halogens is 1. The van der Waals surface area contributed by atoms with Crippen molar-refractivity contribution in [3.05, 3.63) is 76.2 Å². The van der Waals surface area contributed by atoms with Crippen LogP contribution < -0.4 is 5.56 Å². The molecule has 0 radical (unpaired) electrons. The Kier molecular flexibility index (Phi) is 4.94. The van der Waals surface area contributed by atoms with Gasteiger partial charge in [0.1, 0.15) is 41.1 Å². The van der Waals surface area contributed by atoms with Gasteiger partial charge in [-0.05, 0) is 51.0 Å². The maximum absolute atomic E-state index is 14.6. The number of nitrogens with zero attached hydrogens (tertiary/aromatic N) is 7. The van der Waals surface area contributed by atoms with Crippen molar-refractivity contribution in [3.8, 4) is 17.6 Å². The van der Waals surface area contributed by atoms with E-state index in [2.05, 4.69) is 20.1 Å². The Labute approximate surface area is 203 Å². The number of ether oxygens (including phenoxy) is 1. The summed E-state index contributed by atoms with van der Waals surface area (Å²) in [5, 5.41) is 13.8. The third-order valence-corrected chi connectivity index (χ3v) is 6.41. The molecule has 5 heterocycles. The van der Waals surface area contributed by atoms with Gasteiger partial charge in [0.05, 0.1) is 28.9 Å². The minimum atomic E-state index is -0.721. The molecule has 0 amide bonds. The Morgan fingerprint density at radius 2 is 2.08 bits per heavy atom. The van der Waals surface area contributed by atoms with E-state index in [0.717, 1.165) is 12.8 Å². The third-order valence-electron chi connectivity index (χ3n) is 6.41. The zero-order chi connectivity index (χ0) is 25.0. The molecule has 1 aliphatic rings. The molecule has 0 spiro atoms. The topological polar surface area (TPSA) is 124 Å². The average molecular weight is 485 g/mol. The van der Waals surface area contributed by atoms with Crippen molar-refractivity contribution in [1.29, 1.82) is 5.26 Å². The Hall–Kier alpha value is -4.43. The molecule has 0 aliphatic carbocycles. The quantitative estimate of drug-likeness (QED) is 0.377. The molecule has 6 rings (SSSR count). The molecular formula is C25H20FN7O3. The Bertz CT molecular complexity index is 1730. The first kappa shape index (κ1) is 22.1. The molecule has 0 N–H and O–H groups in total. The van der Waals surface area contributed by atoms with Gasteiger partial charge in [0.15, 0.2) is 0 Å². The van der Waals surface area contributed by atoms with Crippen LogP contribution >= 0.6 is 0 Å². The molecule has 180 valence electrons. The number of pyridine rings is 1. The molecule has 10 nitrogen and oxygen atoms in total. The van der Waals surface area contributed by atoms with Crippen LogP contribution in [-0.2, 0) is 11.3 Å². The molecule has 4 aromatic heterocycles. The molecule has 5 aromatic rings. The summed E-state index contributed by atoms with van der Waals surface area (Å²) in [5.41, 5.74) is 0.532. The minimum Gasteiger partial charge on any atom is -0.363 e. The van der Waals surface area contributed by atoms with Gasteiger partial charge in [-0.2, -0.15) is 10.2 Å². The summed E-state index contributed by atoms with van der Waals surface area (Å²) in [6.07, 6.45) is 4.29. The molecular weight excluding hydrogens is 465 g/mol. The summed E-state index contributed by atoms with van der Waals surface area (Å²) in [5.74, 6) is -0.259. The predicted octanol–water partition coefficient (Wildman–Crippen LogP) is 3.78. The van der Waals surface area contributed by atoms with E-state index in [1.807, 2.05) is 19.9 Å². The van der Waals surface area contributed by atoms with E-state index >= 15 is 0 Å². The molecule has 1 atom stereocenters. The lowest BCUT2D eigenvalue weighted by Gasteiger charge is -2.17. The standard InChI is InChI=1S/C25H20FN7O3/c1-25(2)9-8-18(35-25)23-30-22(31-36-23)19-21-24(34)32(12-14-5-3-4-10-28-14)20-15(11-27)16(26)6-7-17(20)33(21)13-29-19/h3-7,10,13,18H,8-9,12H2,1-2H3. The molecule has 0 bridgehead atoms. The lowest BCUT2D eigenvalue weighted by atomic mass is 10.1. The second-order valence-electron chi connectivity index (χ2n) is 9.29. The van der Waals surface area contributed by atoms with Gasteiger partial charge in [0.25, 0.3) is 11.4 Å². The van der Waals surface area contributed by atoms with E-state index in [4.69, 9.17) is 9.26 Å². The maximum atomic E-state index is 14.6. The van der Waals surface area contributed by atoms with Crippen LogP contribution in [0.15, 0.2) is 52.2 Å². The number of hydrogen-bond donors (Lipinski definition) is 0. The fourth-order valence-corrected chi connectivity index (χ4v) is 4.68. The summed E-state index contributed by atoms with van der Waals surface area (Å²) < 4.78 is 29.0. The molecule has 1 unspecified atom stereocenters. The van der Waals surface area contributed by atoms with Gasteiger partial charge in [0, 0.05) is 6.20 Å². The highest BCUT2D eigenvalue weighted by molar-refractivity contribution is 5.87. The zero-order valence-electron chi connectivity index (χ0n) is 19.5. The van der Waals surface area contributed by atoms with E-state index in [0.29, 0.717) is 17.1 Å². The molecule has 36 heavy (non-hydrogen) atoms. The normalized spacial score (nSPS) is 17.1. The SMILES string of the molecule is CC1(C)CCC(c2nc(-c3ncn4c3c(=O)n(Cc3ccccn3)c3c(C#N)c(F)ccc34)no2)O1. The van der Waals surface area contributed by atoms with Crippen LogP contribution in [0.1, 0.15) is 49.9 Å². The highest BCUT2D eigenvalue weighted by Gasteiger charge is 2.36. The Balaban J connectivity index is 1.57. The lowest BCUT2D eigenvalue weighted by molar-refractivity contribution is -0.0292. The zero-order valence-corrected chi connectivity index (χ0v) is 19.5. The van der Waals surface area contributed by atoms with Gasteiger partial charge in [-0.25, -0.2) is 9.37 Å². The molecule has 11 heteroatoms. The van der Waals surface area contributed by atoms with E-state index < -0.39 is 11.4 Å². The molecule has 1 aliphatic heterocycles. The molecule has 1 saturated heterocycles. The van der Waals surface area contributed by atoms with E-state index in [-0.39, 0.29) is 46.4 Å². The lowest BCUT2D eigenvalue weighted by Crippen LogP contribution is -2.25. The fraction of sp³-hybridized carbons (Fsp3) is 0.280. The van der Waals surface area contributed by atoms with Crippen molar-refractivity contribution in [1.82, 2.24) is 29.1 Å². The maximum Gasteiger partial charge on any atom is 0.278 e. The van der Waals surface area contributed by atoms with E-state index in [1.165, 1.54) is 27.4 Å². The van der Waals surface area contributed by atoms with Crippen LogP contribution in [0.5, 0.6) is 0 Å². The van der Waals surface area contributed by atoms with E-state index in [9.17, 15) is 14.4 Å². The van der Waals surface area contributed by atoms with Gasteiger partial charge < -0.3 is 9.26 Å². The number of aromatic nitrogens is 6. The first-order valence-corrected chi connectivity index (χ1v) is 11.4. The summed E-state index contributed by atoms with van der Waals surface area (Å²) >= 11 is 0. The van der Waals surface area contributed by atoms with Gasteiger partial charge in [-0.3, -0.25) is 18.7 Å². The number of fused-ring (bicyclic) bond motifs is 3. The number of nitriles is 1. The number of imidazole rings is 1. The van der Waals surface area contributed by atoms with Crippen LogP contribution in [0, 0.1) is 17.1 Å². The van der Waals surface area contributed by atoms with Crippen molar-refractivity contribution in [2.75, 3.05) is 0 Å². The van der Waals surface area contributed by atoms with Gasteiger partial charge >= 0.3 is 0 Å². The average Bonchev–Trinajstić information content (AvgIpc) is 3.60. The highest BCUT2D eigenvalue weighted by Crippen LogP contribution is 2.38. The van der Waals surface area contributed by atoms with Crippen LogP contribution in [-0.4, -0.2) is 34.7 Å². The predicted molar refractivity (Wildman–Crippen MR) is 125 cm³/mol. The van der Waals surface area contributed by atoms with Crippen LogP contribution in [0.25, 0.3) is 28.1 Å². The van der Waals surface area contributed by atoms with Gasteiger partial charge in [-0.1, -0.05) is 11.2 Å². The summed E-state index contributed by atoms with van der Waals surface area (Å²) in [6, 6.07) is 9.89. The number of rotatable bonds is 4. The summed E-state index contributed by atoms with van der Waals surface area (Å²) in [4.78, 5) is 27.0. The first-order chi connectivity index (χ1) is 17.4. The smallest absolute Gasteiger partial charge is 0.278 e. The van der Waals surface area contributed by atoms with Gasteiger partial charge in [-0.15, -0.1) is 0 Å². The largest absolute Gasteiger partial charge is 0.363 e. The summed E-state index contributed by atoms with van der Waals surface area (Å²) in [7, 11) is 0. The first-order valence-electron chi connectivity index (χ1n) is 11.4. The van der Waals surface area contributed by atoms with Crippen LogP contribution in [0.4, 0.5) is 4.39 Å². The van der Waals surface area contributed by atoms with Crippen molar-refractivity contribution < 1.29 is 13.7 Å². The monoisotopic (exact) mass is 485 g/mol. The Morgan fingerprint density at radius 1 is 1.22 bits per heavy atom. The summed E-state index contributed by atoms with van der Waals surface area (Å²) in [6.45, 7) is 4.03. The fourth-order valence-electron chi connectivity index (χ4n) is 4.68. The van der Waals surface area contributed by atoms with E-state index in [1.54, 1.807) is 24.4 Å². The molecule has 1 fully saturated rings. The minimum absolute atomic E-state index is 0.0257. The van der Waals surface area contributed by atoms with Crippen molar-refractivity contribution >= 4 is 16.6 Å². The van der Waals surface area contributed by atoms with Crippen LogP contribution in [0.2, 0.25) is 0 Å². The number of benzene rings is 1. The highest BCUT2D eigenvalue weighted by atomic mass is 19.1.